The van der Waals surface area contributed by atoms with E-state index in [1.807, 2.05) is 0 Å². The zero-order chi connectivity index (χ0) is 14.4. The summed E-state index contributed by atoms with van der Waals surface area (Å²) in [5, 5.41) is 18.9. The Morgan fingerprint density at radius 1 is 1.37 bits per heavy atom. The molecule has 0 aliphatic carbocycles. The van der Waals surface area contributed by atoms with Crippen LogP contribution in [0.1, 0.15) is 0 Å². The number of benzene rings is 1. The normalized spacial score (nSPS) is 10.7. The lowest BCUT2D eigenvalue weighted by Gasteiger charge is -2.19. The van der Waals surface area contributed by atoms with Gasteiger partial charge in [0.1, 0.15) is 17.8 Å². The molecule has 0 spiro atoms. The average Bonchev–Trinajstić information content (AvgIpc) is 2.41. The van der Waals surface area contributed by atoms with Crippen molar-refractivity contribution in [2.75, 3.05) is 5.43 Å². The number of carbonyl (C=O) groups excluding carboxylic acids is 1. The second-order valence-electron chi connectivity index (χ2n) is 3.20. The van der Waals surface area contributed by atoms with Crippen molar-refractivity contribution in [2.45, 2.75) is 0 Å². The fourth-order valence-corrected chi connectivity index (χ4v) is 1.48. The highest BCUT2D eigenvalue weighted by atomic mass is 35.5. The van der Waals surface area contributed by atoms with E-state index in [1.165, 1.54) is 12.1 Å². The smallest absolute Gasteiger partial charge is 0.233 e. The molecule has 19 heavy (non-hydrogen) atoms. The molecule has 1 amide bonds. The van der Waals surface area contributed by atoms with Gasteiger partial charge in [-0.25, -0.2) is 5.01 Å². The van der Waals surface area contributed by atoms with Gasteiger partial charge in [-0.1, -0.05) is 23.2 Å². The number of allylic oxidation sites excluding steroid dienone is 2. The molecular weight excluding hydrogens is 289 g/mol. The zero-order valence-electron chi connectivity index (χ0n) is 9.39. The Morgan fingerprint density at radius 2 is 2.05 bits per heavy atom. The summed E-state index contributed by atoms with van der Waals surface area (Å²) in [4.78, 5) is 11.0. The number of nitrogens with one attached hydrogen (secondary N) is 1. The molecule has 8 heteroatoms. The predicted molar refractivity (Wildman–Crippen MR) is 70.4 cm³/mol. The molecule has 0 aromatic heterocycles. The van der Waals surface area contributed by atoms with Gasteiger partial charge in [0.25, 0.3) is 0 Å². The van der Waals surface area contributed by atoms with Crippen molar-refractivity contribution in [3.8, 4) is 12.1 Å². The SMILES string of the molecule is N#C/C(N)=C(\C#N)N(C=O)Nc1cc(Cl)ccc1Cl. The molecule has 0 fully saturated rings. The minimum absolute atomic E-state index is 0.282. The summed E-state index contributed by atoms with van der Waals surface area (Å²) in [7, 11) is 0. The van der Waals surface area contributed by atoms with Gasteiger partial charge < -0.3 is 5.73 Å². The van der Waals surface area contributed by atoms with E-state index >= 15 is 0 Å². The van der Waals surface area contributed by atoms with Crippen molar-refractivity contribution < 1.29 is 4.79 Å². The highest BCUT2D eigenvalue weighted by Gasteiger charge is 2.14. The molecule has 0 saturated heterocycles. The topological polar surface area (TPSA) is 106 Å². The first-order valence-electron chi connectivity index (χ1n) is 4.79. The Labute approximate surface area is 119 Å². The van der Waals surface area contributed by atoms with Gasteiger partial charge in [-0.15, -0.1) is 0 Å². The molecule has 0 unspecified atom stereocenters. The van der Waals surface area contributed by atoms with Crippen LogP contribution in [0.3, 0.4) is 0 Å². The van der Waals surface area contributed by atoms with Crippen molar-refractivity contribution in [3.05, 3.63) is 39.6 Å². The monoisotopic (exact) mass is 295 g/mol. The van der Waals surface area contributed by atoms with Gasteiger partial charge in [-0.3, -0.25) is 10.2 Å². The lowest BCUT2D eigenvalue weighted by atomic mass is 10.3. The first-order valence-corrected chi connectivity index (χ1v) is 5.55. The van der Waals surface area contributed by atoms with Crippen molar-refractivity contribution in [1.29, 1.82) is 10.5 Å². The molecule has 1 aromatic carbocycles. The molecule has 0 heterocycles. The van der Waals surface area contributed by atoms with E-state index in [1.54, 1.807) is 18.2 Å². The molecule has 0 saturated carbocycles. The van der Waals surface area contributed by atoms with E-state index in [-0.39, 0.29) is 10.7 Å². The maximum absolute atomic E-state index is 11.0. The third-order valence-electron chi connectivity index (χ3n) is 2.00. The quantitative estimate of drug-likeness (QED) is 0.502. The lowest BCUT2D eigenvalue weighted by Crippen LogP contribution is -2.29. The fourth-order valence-electron chi connectivity index (χ4n) is 1.14. The first kappa shape index (κ1) is 14.7. The molecule has 0 atom stereocenters. The van der Waals surface area contributed by atoms with Crippen LogP contribution in [0.5, 0.6) is 0 Å². The summed E-state index contributed by atoms with van der Waals surface area (Å²) in [5.41, 5.74) is 7.41. The largest absolute Gasteiger partial charge is 0.388 e. The Balaban J connectivity index is 3.15. The minimum Gasteiger partial charge on any atom is -0.388 e. The summed E-state index contributed by atoms with van der Waals surface area (Å²) in [5.74, 6) is 0. The number of anilines is 1. The van der Waals surface area contributed by atoms with Gasteiger partial charge in [0.15, 0.2) is 5.70 Å². The maximum Gasteiger partial charge on any atom is 0.233 e. The number of nitrogens with two attached hydrogens (primary N) is 1. The molecule has 96 valence electrons. The maximum atomic E-state index is 11.0. The number of hydrogen-bond donors (Lipinski definition) is 2. The van der Waals surface area contributed by atoms with Gasteiger partial charge >= 0.3 is 0 Å². The second kappa shape index (κ2) is 6.50. The van der Waals surface area contributed by atoms with E-state index < -0.39 is 5.70 Å². The van der Waals surface area contributed by atoms with Crippen LogP contribution in [0, 0.1) is 22.7 Å². The Morgan fingerprint density at radius 3 is 2.58 bits per heavy atom. The highest BCUT2D eigenvalue weighted by Crippen LogP contribution is 2.26. The van der Waals surface area contributed by atoms with Crippen LogP contribution >= 0.6 is 23.2 Å². The van der Waals surface area contributed by atoms with Crippen LogP contribution in [-0.4, -0.2) is 11.4 Å². The van der Waals surface area contributed by atoms with Crippen LogP contribution in [0.2, 0.25) is 10.0 Å². The fraction of sp³-hybridized carbons (Fsp3) is 0. The molecule has 0 bridgehead atoms. The molecule has 1 aromatic rings. The number of hydrogen-bond acceptors (Lipinski definition) is 5. The van der Waals surface area contributed by atoms with Gasteiger partial charge in [-0.05, 0) is 18.2 Å². The van der Waals surface area contributed by atoms with Gasteiger partial charge in [-0.2, -0.15) is 10.5 Å². The molecule has 0 aliphatic heterocycles. The van der Waals surface area contributed by atoms with E-state index in [0.29, 0.717) is 17.1 Å². The minimum atomic E-state index is -0.403. The van der Waals surface area contributed by atoms with Crippen molar-refractivity contribution in [3.63, 3.8) is 0 Å². The molecule has 0 aliphatic rings. The van der Waals surface area contributed by atoms with E-state index in [9.17, 15) is 4.79 Å². The zero-order valence-corrected chi connectivity index (χ0v) is 10.9. The van der Waals surface area contributed by atoms with Gasteiger partial charge in [0, 0.05) is 5.02 Å². The summed E-state index contributed by atoms with van der Waals surface area (Å²) in [6.07, 6.45) is 0.292. The summed E-state index contributed by atoms with van der Waals surface area (Å²) in [6, 6.07) is 7.75. The Bertz CT molecular complexity index is 614. The average molecular weight is 296 g/mol. The molecule has 3 N–H and O–H groups in total. The number of amides is 1. The van der Waals surface area contributed by atoms with Crippen molar-refractivity contribution in [1.82, 2.24) is 5.01 Å². The van der Waals surface area contributed by atoms with Crippen LogP contribution in [0.25, 0.3) is 0 Å². The van der Waals surface area contributed by atoms with E-state index in [0.717, 1.165) is 5.01 Å². The van der Waals surface area contributed by atoms with Crippen LogP contribution < -0.4 is 11.2 Å². The highest BCUT2D eigenvalue weighted by molar-refractivity contribution is 6.35. The number of nitriles is 2. The van der Waals surface area contributed by atoms with Crippen molar-refractivity contribution >= 4 is 35.3 Å². The van der Waals surface area contributed by atoms with Crippen LogP contribution in [0.15, 0.2) is 29.6 Å². The second-order valence-corrected chi connectivity index (χ2v) is 4.04. The van der Waals surface area contributed by atoms with Crippen molar-refractivity contribution in [2.24, 2.45) is 5.73 Å². The number of halogens is 2. The number of hydrazine groups is 1. The third-order valence-corrected chi connectivity index (χ3v) is 2.56. The standard InChI is InChI=1S/C11H7Cl2N5O/c12-7-1-2-8(13)10(3-7)17-18(6-19)11(5-15)9(16)4-14/h1-3,6,17H,16H2/b11-9-. The summed E-state index contributed by atoms with van der Waals surface area (Å²) in [6.45, 7) is 0. The first-order chi connectivity index (χ1) is 9.03. The molecular formula is C11H7Cl2N5O. The van der Waals surface area contributed by atoms with E-state index in [4.69, 9.17) is 39.5 Å². The van der Waals surface area contributed by atoms with Gasteiger partial charge in [0.2, 0.25) is 6.41 Å². The summed E-state index contributed by atoms with van der Waals surface area (Å²) < 4.78 is 0. The number of carbonyl (C=O) groups is 1. The Kier molecular flexibility index (Phi) is 5.01. The lowest BCUT2D eigenvalue weighted by molar-refractivity contribution is -0.115. The molecule has 1 rings (SSSR count). The number of rotatable bonds is 4. The van der Waals surface area contributed by atoms with Crippen LogP contribution in [0.4, 0.5) is 5.69 Å². The molecule has 0 radical (unpaired) electrons. The third kappa shape index (κ3) is 3.52. The predicted octanol–water partition coefficient (Wildman–Crippen LogP) is 2.00. The van der Waals surface area contributed by atoms with Gasteiger partial charge in [0.05, 0.1) is 10.7 Å². The number of nitrogens with zero attached hydrogens (tertiary/aromatic N) is 3. The Hall–Kier alpha value is -2.41. The van der Waals surface area contributed by atoms with Crippen LogP contribution in [-0.2, 0) is 4.79 Å². The summed E-state index contributed by atoms with van der Waals surface area (Å²) >= 11 is 11.7. The van der Waals surface area contributed by atoms with E-state index in [2.05, 4.69) is 5.43 Å². The molecule has 6 nitrogen and oxygen atoms in total.